The molecule has 6 heteroatoms. The molecule has 22 heavy (non-hydrogen) atoms. The van der Waals surface area contributed by atoms with E-state index in [0.717, 1.165) is 32.1 Å². The third kappa shape index (κ3) is 4.43. The van der Waals surface area contributed by atoms with E-state index >= 15 is 0 Å². The lowest BCUT2D eigenvalue weighted by Crippen LogP contribution is -2.62. The molecule has 0 radical (unpaired) electrons. The molecule has 1 atom stereocenters. The fraction of sp³-hybridized carbons (Fsp3) is 0.875. The van der Waals surface area contributed by atoms with Crippen LogP contribution in [-0.4, -0.2) is 49.8 Å². The molecule has 126 valence electrons. The van der Waals surface area contributed by atoms with E-state index in [1.54, 1.807) is 0 Å². The van der Waals surface area contributed by atoms with Gasteiger partial charge in [-0.25, -0.2) is 0 Å². The number of rotatable bonds is 6. The van der Waals surface area contributed by atoms with Crippen molar-refractivity contribution in [3.05, 3.63) is 0 Å². The predicted octanol–water partition coefficient (Wildman–Crippen LogP) is 1.14. The molecule has 1 saturated heterocycles. The van der Waals surface area contributed by atoms with Gasteiger partial charge >= 0.3 is 0 Å². The molecular formula is C16H28N2O4. The first-order chi connectivity index (χ1) is 10.7. The lowest BCUT2D eigenvalue weighted by atomic mass is 9.80. The van der Waals surface area contributed by atoms with Crippen LogP contribution in [0, 0.1) is 0 Å². The summed E-state index contributed by atoms with van der Waals surface area (Å²) in [5.41, 5.74) is -0.774. The Bertz CT molecular complexity index is 374. The van der Waals surface area contributed by atoms with E-state index < -0.39 is 11.6 Å². The number of carbonyl (C=O) groups is 2. The minimum atomic E-state index is -0.774. The van der Waals surface area contributed by atoms with E-state index in [1.807, 2.05) is 0 Å². The average molecular weight is 312 g/mol. The van der Waals surface area contributed by atoms with Crippen LogP contribution < -0.4 is 10.6 Å². The highest BCUT2D eigenvalue weighted by molar-refractivity contribution is 5.93. The van der Waals surface area contributed by atoms with Crippen molar-refractivity contribution in [1.82, 2.24) is 10.6 Å². The Hall–Kier alpha value is -1.14. The molecule has 2 amide bonds. The topological polar surface area (TPSA) is 76.7 Å². The van der Waals surface area contributed by atoms with E-state index in [0.29, 0.717) is 32.6 Å². The highest BCUT2D eigenvalue weighted by Gasteiger charge is 2.42. The third-order valence-corrected chi connectivity index (χ3v) is 4.43. The number of carbonyl (C=O) groups excluding carboxylic acids is 2. The lowest BCUT2D eigenvalue weighted by Gasteiger charge is -2.38. The van der Waals surface area contributed by atoms with Crippen LogP contribution >= 0.6 is 0 Å². The number of hydrogen-bond acceptors (Lipinski definition) is 4. The van der Waals surface area contributed by atoms with E-state index in [4.69, 9.17) is 9.47 Å². The van der Waals surface area contributed by atoms with E-state index in [1.165, 1.54) is 0 Å². The van der Waals surface area contributed by atoms with Gasteiger partial charge in [-0.15, -0.1) is 0 Å². The molecule has 2 rings (SSSR count). The first-order valence-electron chi connectivity index (χ1n) is 8.47. The predicted molar refractivity (Wildman–Crippen MR) is 82.4 cm³/mol. The molecule has 0 aromatic carbocycles. The molecule has 2 aliphatic rings. The second kappa shape index (κ2) is 8.48. The zero-order chi connectivity index (χ0) is 15.8. The maximum atomic E-state index is 12.6. The fourth-order valence-corrected chi connectivity index (χ4v) is 3.07. The largest absolute Gasteiger partial charge is 0.376 e. The smallest absolute Gasteiger partial charge is 0.252 e. The van der Waals surface area contributed by atoms with Gasteiger partial charge in [0.15, 0.2) is 6.10 Å². The summed E-state index contributed by atoms with van der Waals surface area (Å²) in [5, 5.41) is 5.95. The number of hydrogen-bond donors (Lipinski definition) is 2. The number of unbranched alkanes of at least 4 members (excludes halogenated alkanes) is 1. The van der Waals surface area contributed by atoms with E-state index in [-0.39, 0.29) is 18.4 Å². The molecule has 1 saturated carbocycles. The van der Waals surface area contributed by atoms with Gasteiger partial charge in [-0.3, -0.25) is 9.59 Å². The molecule has 1 unspecified atom stereocenters. The van der Waals surface area contributed by atoms with Gasteiger partial charge < -0.3 is 20.1 Å². The van der Waals surface area contributed by atoms with Crippen LogP contribution in [0.1, 0.15) is 51.9 Å². The maximum absolute atomic E-state index is 12.6. The summed E-state index contributed by atoms with van der Waals surface area (Å²) in [5.74, 6) is -0.280. The molecule has 0 aromatic rings. The fourth-order valence-electron chi connectivity index (χ4n) is 3.07. The molecule has 1 aliphatic heterocycles. The Balaban J connectivity index is 1.97. The van der Waals surface area contributed by atoms with Crippen molar-refractivity contribution in [2.24, 2.45) is 0 Å². The standard InChI is InChI=1S/C16H28N2O4/c1-2-3-9-17-15(20)16(7-5-4-6-8-16)18-14(19)13-12-21-10-11-22-13/h13H,2-12H2,1H3,(H,17,20)(H,18,19). The highest BCUT2D eigenvalue weighted by atomic mass is 16.6. The van der Waals surface area contributed by atoms with Gasteiger partial charge in [-0.1, -0.05) is 32.6 Å². The zero-order valence-corrected chi connectivity index (χ0v) is 13.5. The molecule has 1 heterocycles. The summed E-state index contributed by atoms with van der Waals surface area (Å²) in [4.78, 5) is 25.0. The van der Waals surface area contributed by atoms with Crippen molar-refractivity contribution < 1.29 is 19.1 Å². The van der Waals surface area contributed by atoms with Crippen molar-refractivity contribution in [1.29, 1.82) is 0 Å². The van der Waals surface area contributed by atoms with Crippen molar-refractivity contribution in [2.75, 3.05) is 26.4 Å². The molecular weight excluding hydrogens is 284 g/mol. The summed E-state index contributed by atoms with van der Waals surface area (Å²) >= 11 is 0. The highest BCUT2D eigenvalue weighted by Crippen LogP contribution is 2.29. The second-order valence-corrected chi connectivity index (χ2v) is 6.18. The summed E-state index contributed by atoms with van der Waals surface area (Å²) in [6.07, 6.45) is 5.82. The second-order valence-electron chi connectivity index (χ2n) is 6.18. The molecule has 0 bridgehead atoms. The summed E-state index contributed by atoms with van der Waals surface area (Å²) in [7, 11) is 0. The van der Waals surface area contributed by atoms with Crippen LogP contribution in [0.15, 0.2) is 0 Å². The molecule has 6 nitrogen and oxygen atoms in total. The van der Waals surface area contributed by atoms with Gasteiger partial charge in [0.25, 0.3) is 5.91 Å². The average Bonchev–Trinajstić information content (AvgIpc) is 2.56. The van der Waals surface area contributed by atoms with Crippen molar-refractivity contribution in [2.45, 2.75) is 63.5 Å². The van der Waals surface area contributed by atoms with Gasteiger partial charge in [0, 0.05) is 6.54 Å². The molecule has 2 fully saturated rings. The number of nitrogens with one attached hydrogen (secondary N) is 2. The molecule has 0 spiro atoms. The summed E-state index contributed by atoms with van der Waals surface area (Å²) in [6, 6.07) is 0. The maximum Gasteiger partial charge on any atom is 0.252 e. The SMILES string of the molecule is CCCCNC(=O)C1(NC(=O)C2COCCO2)CCCCC1. The summed E-state index contributed by atoms with van der Waals surface area (Å²) < 4.78 is 10.7. The van der Waals surface area contributed by atoms with Gasteiger partial charge in [0.1, 0.15) is 5.54 Å². The molecule has 0 aromatic heterocycles. The van der Waals surface area contributed by atoms with Crippen molar-refractivity contribution in [3.63, 3.8) is 0 Å². The van der Waals surface area contributed by atoms with Crippen LogP contribution in [-0.2, 0) is 19.1 Å². The minimum absolute atomic E-state index is 0.0503. The van der Waals surface area contributed by atoms with E-state index in [9.17, 15) is 9.59 Å². The molecule has 1 aliphatic carbocycles. The lowest BCUT2D eigenvalue weighted by molar-refractivity contribution is -0.152. The van der Waals surface area contributed by atoms with Crippen LogP contribution in [0.4, 0.5) is 0 Å². The monoisotopic (exact) mass is 312 g/mol. The third-order valence-electron chi connectivity index (χ3n) is 4.43. The Morgan fingerprint density at radius 1 is 1.18 bits per heavy atom. The zero-order valence-electron chi connectivity index (χ0n) is 13.5. The van der Waals surface area contributed by atoms with Gasteiger partial charge in [0.2, 0.25) is 5.91 Å². The van der Waals surface area contributed by atoms with Crippen LogP contribution in [0.3, 0.4) is 0 Å². The first-order valence-corrected chi connectivity index (χ1v) is 8.47. The Kier molecular flexibility index (Phi) is 6.64. The Labute approximate surface area is 132 Å². The van der Waals surface area contributed by atoms with Crippen molar-refractivity contribution >= 4 is 11.8 Å². The minimum Gasteiger partial charge on any atom is -0.376 e. The first kappa shape index (κ1) is 17.2. The number of amides is 2. The van der Waals surface area contributed by atoms with Gasteiger partial charge in [0.05, 0.1) is 19.8 Å². The van der Waals surface area contributed by atoms with E-state index in [2.05, 4.69) is 17.6 Å². The van der Waals surface area contributed by atoms with Gasteiger partial charge in [-0.05, 0) is 19.3 Å². The normalized spacial score (nSPS) is 24.5. The number of ether oxygens (including phenoxy) is 2. The summed E-state index contributed by atoms with van der Waals surface area (Å²) in [6.45, 7) is 3.96. The van der Waals surface area contributed by atoms with Gasteiger partial charge in [-0.2, -0.15) is 0 Å². The van der Waals surface area contributed by atoms with Crippen molar-refractivity contribution in [3.8, 4) is 0 Å². The van der Waals surface area contributed by atoms with Crippen LogP contribution in [0.2, 0.25) is 0 Å². The Morgan fingerprint density at radius 2 is 1.95 bits per heavy atom. The Morgan fingerprint density at radius 3 is 2.59 bits per heavy atom. The van der Waals surface area contributed by atoms with Crippen LogP contribution in [0.25, 0.3) is 0 Å². The van der Waals surface area contributed by atoms with Crippen LogP contribution in [0.5, 0.6) is 0 Å². The molecule has 2 N–H and O–H groups in total. The quantitative estimate of drug-likeness (QED) is 0.721.